The van der Waals surface area contributed by atoms with Gasteiger partial charge in [0.15, 0.2) is 5.78 Å². The van der Waals surface area contributed by atoms with Gasteiger partial charge in [0, 0.05) is 23.7 Å². The predicted molar refractivity (Wildman–Crippen MR) is 106 cm³/mol. The molecule has 0 aromatic carbocycles. The number of rotatable bonds is 1. The lowest BCUT2D eigenvalue weighted by Gasteiger charge is -2.56. The normalized spacial score (nSPS) is 45.7. The molecular formula is C24H30O5. The average molecular weight is 398 g/mol. The van der Waals surface area contributed by atoms with Crippen molar-refractivity contribution in [1.82, 2.24) is 0 Å². The maximum absolute atomic E-state index is 12.9. The zero-order chi connectivity index (χ0) is 20.6. The molecule has 5 heteroatoms. The third-order valence-corrected chi connectivity index (χ3v) is 9.23. The Hall–Kier alpha value is -1.91. The first-order chi connectivity index (χ1) is 13.7. The van der Waals surface area contributed by atoms with Crippen molar-refractivity contribution in [3.63, 3.8) is 0 Å². The van der Waals surface area contributed by atoms with Gasteiger partial charge in [0.2, 0.25) is 0 Å². The minimum Gasteiger partial charge on any atom is -0.469 e. The van der Waals surface area contributed by atoms with E-state index in [4.69, 9.17) is 9.47 Å². The average Bonchev–Trinajstić information content (AvgIpc) is 3.22. The summed E-state index contributed by atoms with van der Waals surface area (Å²) >= 11 is 0. The predicted octanol–water partition coefficient (Wildman–Crippen LogP) is 3.91. The summed E-state index contributed by atoms with van der Waals surface area (Å²) in [6.07, 6.45) is 10.1. The van der Waals surface area contributed by atoms with Gasteiger partial charge in [-0.2, -0.15) is 0 Å². The highest BCUT2D eigenvalue weighted by Crippen LogP contribution is 2.69. The van der Waals surface area contributed by atoms with Gasteiger partial charge in [0.25, 0.3) is 0 Å². The molecule has 1 aliphatic heterocycles. The van der Waals surface area contributed by atoms with E-state index in [1.807, 2.05) is 0 Å². The van der Waals surface area contributed by atoms with Crippen LogP contribution in [0.4, 0.5) is 0 Å². The summed E-state index contributed by atoms with van der Waals surface area (Å²) in [6, 6.07) is 0. The number of esters is 2. The molecule has 5 nitrogen and oxygen atoms in total. The number of methoxy groups -OCH3 is 1. The van der Waals surface area contributed by atoms with Crippen molar-refractivity contribution in [2.75, 3.05) is 7.11 Å². The fraction of sp³-hybridized carbons (Fsp3) is 0.708. The smallest absolute Gasteiger partial charge is 0.309 e. The maximum Gasteiger partial charge on any atom is 0.309 e. The lowest BCUT2D eigenvalue weighted by atomic mass is 9.48. The first kappa shape index (κ1) is 19.1. The molecule has 156 valence electrons. The Kier molecular flexibility index (Phi) is 3.98. The van der Waals surface area contributed by atoms with E-state index in [9.17, 15) is 14.4 Å². The number of carbonyl (C=O) groups is 3. The van der Waals surface area contributed by atoms with Gasteiger partial charge < -0.3 is 9.47 Å². The molecule has 6 atom stereocenters. The van der Waals surface area contributed by atoms with E-state index in [0.29, 0.717) is 19.3 Å². The van der Waals surface area contributed by atoms with Crippen molar-refractivity contribution >= 4 is 17.7 Å². The van der Waals surface area contributed by atoms with E-state index < -0.39 is 5.60 Å². The largest absolute Gasteiger partial charge is 0.469 e. The van der Waals surface area contributed by atoms with Crippen LogP contribution in [0.15, 0.2) is 23.3 Å². The SMILES string of the molecule is COC(=O)C1CC2=CC(=O)CC[C@]2(C)C2=CC[C@@]3(C)C(CCC34CCC(=O)O4)C21. The van der Waals surface area contributed by atoms with E-state index in [1.165, 1.54) is 12.7 Å². The highest BCUT2D eigenvalue weighted by Gasteiger charge is 2.67. The van der Waals surface area contributed by atoms with Crippen LogP contribution in [-0.2, 0) is 23.9 Å². The molecule has 1 saturated heterocycles. The Morgan fingerprint density at radius 2 is 1.97 bits per heavy atom. The molecule has 1 spiro atoms. The Labute approximate surface area is 171 Å². The molecule has 3 fully saturated rings. The number of allylic oxidation sites excluding steroid dienone is 4. The minimum absolute atomic E-state index is 0.0854. The minimum atomic E-state index is -0.392. The molecule has 4 aliphatic carbocycles. The summed E-state index contributed by atoms with van der Waals surface area (Å²) < 4.78 is 11.2. The van der Waals surface area contributed by atoms with Crippen LogP contribution in [0, 0.1) is 28.6 Å². The van der Waals surface area contributed by atoms with Gasteiger partial charge in [-0.25, -0.2) is 0 Å². The summed E-state index contributed by atoms with van der Waals surface area (Å²) in [6.45, 7) is 4.52. The van der Waals surface area contributed by atoms with Crippen LogP contribution in [0.3, 0.4) is 0 Å². The standard InChI is InChI=1S/C24H30O5/c1-22-8-4-15(25)12-14(22)13-16(21(27)28-3)20-17(22)5-9-23(2)18(20)6-10-24(23)11-7-19(26)29-24/h5,12,16,18,20H,4,6-11,13H2,1-3H3/t16?,18?,20?,22-,23-,24?/m0/s1. The van der Waals surface area contributed by atoms with Crippen molar-refractivity contribution in [1.29, 1.82) is 0 Å². The summed E-state index contributed by atoms with van der Waals surface area (Å²) in [5.74, 6) is 0.00356. The topological polar surface area (TPSA) is 69.7 Å². The molecule has 5 aliphatic rings. The van der Waals surface area contributed by atoms with Crippen molar-refractivity contribution in [2.24, 2.45) is 28.6 Å². The van der Waals surface area contributed by atoms with Gasteiger partial charge >= 0.3 is 11.9 Å². The van der Waals surface area contributed by atoms with Crippen LogP contribution in [0.1, 0.15) is 65.2 Å². The number of hydrogen-bond donors (Lipinski definition) is 0. The highest BCUT2D eigenvalue weighted by atomic mass is 16.6. The Morgan fingerprint density at radius 1 is 1.17 bits per heavy atom. The number of hydrogen-bond acceptors (Lipinski definition) is 5. The Bertz CT molecular complexity index is 868. The second kappa shape index (κ2) is 6.05. The van der Waals surface area contributed by atoms with Gasteiger partial charge in [0.1, 0.15) is 5.60 Å². The first-order valence-electron chi connectivity index (χ1n) is 11.0. The van der Waals surface area contributed by atoms with Crippen molar-refractivity contribution < 1.29 is 23.9 Å². The number of ether oxygens (including phenoxy) is 2. The molecule has 0 aromatic rings. The summed E-state index contributed by atoms with van der Waals surface area (Å²) in [4.78, 5) is 37.1. The lowest BCUT2D eigenvalue weighted by Crippen LogP contribution is -2.53. The fourth-order valence-corrected chi connectivity index (χ4v) is 7.53. The van der Waals surface area contributed by atoms with Crippen molar-refractivity contribution in [3.05, 3.63) is 23.3 Å². The zero-order valence-corrected chi connectivity index (χ0v) is 17.6. The zero-order valence-electron chi connectivity index (χ0n) is 17.6. The quantitative estimate of drug-likeness (QED) is 0.495. The van der Waals surface area contributed by atoms with E-state index in [0.717, 1.165) is 37.7 Å². The third kappa shape index (κ3) is 2.36. The van der Waals surface area contributed by atoms with Crippen LogP contribution in [0.5, 0.6) is 0 Å². The second-order valence-corrected chi connectivity index (χ2v) is 10.2. The second-order valence-electron chi connectivity index (χ2n) is 10.2. The Morgan fingerprint density at radius 3 is 2.66 bits per heavy atom. The summed E-state index contributed by atoms with van der Waals surface area (Å²) in [5.41, 5.74) is 1.72. The molecule has 1 heterocycles. The first-order valence-corrected chi connectivity index (χ1v) is 11.0. The van der Waals surface area contributed by atoms with Gasteiger partial charge in [-0.3, -0.25) is 14.4 Å². The van der Waals surface area contributed by atoms with Gasteiger partial charge in [0.05, 0.1) is 13.0 Å². The molecule has 2 saturated carbocycles. The lowest BCUT2D eigenvalue weighted by molar-refractivity contribution is -0.163. The molecule has 0 bridgehead atoms. The maximum atomic E-state index is 12.9. The summed E-state index contributed by atoms with van der Waals surface area (Å²) in [5, 5.41) is 0. The highest BCUT2D eigenvalue weighted by molar-refractivity contribution is 5.92. The fourth-order valence-electron chi connectivity index (χ4n) is 7.53. The molecule has 0 radical (unpaired) electrons. The third-order valence-electron chi connectivity index (χ3n) is 9.23. The van der Waals surface area contributed by atoms with Crippen molar-refractivity contribution in [2.45, 2.75) is 70.8 Å². The number of fused-ring (bicyclic) bond motifs is 6. The Balaban J connectivity index is 1.63. The van der Waals surface area contributed by atoms with Crippen LogP contribution in [-0.4, -0.2) is 30.4 Å². The molecule has 29 heavy (non-hydrogen) atoms. The van der Waals surface area contributed by atoms with Crippen molar-refractivity contribution in [3.8, 4) is 0 Å². The van der Waals surface area contributed by atoms with Crippen LogP contribution >= 0.6 is 0 Å². The van der Waals surface area contributed by atoms with Crippen LogP contribution in [0.2, 0.25) is 0 Å². The molecular weight excluding hydrogens is 368 g/mol. The molecule has 0 N–H and O–H groups in total. The molecule has 0 amide bonds. The van der Waals surface area contributed by atoms with Gasteiger partial charge in [-0.15, -0.1) is 0 Å². The number of ketones is 1. The van der Waals surface area contributed by atoms with E-state index in [1.54, 1.807) is 6.08 Å². The van der Waals surface area contributed by atoms with Crippen LogP contribution < -0.4 is 0 Å². The number of carbonyl (C=O) groups excluding carboxylic acids is 3. The van der Waals surface area contributed by atoms with E-state index in [-0.39, 0.29) is 46.3 Å². The monoisotopic (exact) mass is 398 g/mol. The van der Waals surface area contributed by atoms with Gasteiger partial charge in [-0.1, -0.05) is 31.1 Å². The molecule has 4 unspecified atom stereocenters. The van der Waals surface area contributed by atoms with E-state index >= 15 is 0 Å². The van der Waals surface area contributed by atoms with Gasteiger partial charge in [-0.05, 0) is 56.4 Å². The molecule has 0 aromatic heterocycles. The molecule has 5 rings (SSSR count). The van der Waals surface area contributed by atoms with Crippen LogP contribution in [0.25, 0.3) is 0 Å². The summed E-state index contributed by atoms with van der Waals surface area (Å²) in [7, 11) is 1.46. The van der Waals surface area contributed by atoms with E-state index in [2.05, 4.69) is 19.9 Å².